The Bertz CT molecular complexity index is 1420. The molecule has 42 heavy (non-hydrogen) atoms. The predicted molar refractivity (Wildman–Crippen MR) is 159 cm³/mol. The van der Waals surface area contributed by atoms with Crippen molar-refractivity contribution in [2.45, 2.75) is 71.6 Å². The summed E-state index contributed by atoms with van der Waals surface area (Å²) >= 11 is 0. The number of nitrogens with one attached hydrogen (secondary N) is 1. The lowest BCUT2D eigenvalue weighted by Crippen LogP contribution is -2.50. The first-order chi connectivity index (χ1) is 20.3. The monoisotopic (exact) mass is 585 g/mol. The molecule has 228 valence electrons. The second-order valence-electron chi connectivity index (χ2n) is 10.6. The molecule has 10 heteroatoms. The average molecular weight is 586 g/mol. The molecule has 4 rings (SSSR count). The first kappa shape index (κ1) is 31.4. The number of carbonyl (C=O) groups is 1. The van der Waals surface area contributed by atoms with E-state index in [0.29, 0.717) is 54.4 Å². The number of ether oxygens (including phenoxy) is 2. The van der Waals surface area contributed by atoms with Gasteiger partial charge in [-0.15, -0.1) is 0 Å². The van der Waals surface area contributed by atoms with Crippen molar-refractivity contribution >= 4 is 23.6 Å². The quantitative estimate of drug-likeness (QED) is 0.443. The summed E-state index contributed by atoms with van der Waals surface area (Å²) in [6.07, 6.45) is 10.8. The molecule has 2 fully saturated rings. The van der Waals surface area contributed by atoms with Gasteiger partial charge in [0, 0.05) is 37.4 Å². The zero-order chi connectivity index (χ0) is 30.1. The molecule has 2 N–H and O–H groups in total. The van der Waals surface area contributed by atoms with Crippen LogP contribution in [0.15, 0.2) is 35.1 Å². The highest BCUT2D eigenvalue weighted by Crippen LogP contribution is 2.22. The molecule has 8 nitrogen and oxygen atoms in total. The van der Waals surface area contributed by atoms with Crippen molar-refractivity contribution in [2.24, 2.45) is 0 Å². The lowest BCUT2D eigenvalue weighted by molar-refractivity contribution is -0.0498. The van der Waals surface area contributed by atoms with E-state index in [4.69, 9.17) is 4.74 Å². The van der Waals surface area contributed by atoms with Gasteiger partial charge in [0.05, 0.1) is 18.6 Å². The summed E-state index contributed by atoms with van der Waals surface area (Å²) in [5, 5.41) is 15.4. The van der Waals surface area contributed by atoms with Gasteiger partial charge in [-0.05, 0) is 55.5 Å². The van der Waals surface area contributed by atoms with Crippen molar-refractivity contribution in [3.05, 3.63) is 62.4 Å². The highest BCUT2D eigenvalue weighted by atomic mass is 19.3. The van der Waals surface area contributed by atoms with Gasteiger partial charge in [-0.3, -0.25) is 14.5 Å². The third-order valence-corrected chi connectivity index (χ3v) is 7.85. The van der Waals surface area contributed by atoms with Gasteiger partial charge in [-0.2, -0.15) is 8.78 Å². The maximum Gasteiger partial charge on any atom is 0.387 e. The third kappa shape index (κ3) is 7.86. The summed E-state index contributed by atoms with van der Waals surface area (Å²) in [6.45, 7) is 4.51. The van der Waals surface area contributed by atoms with E-state index in [2.05, 4.69) is 15.0 Å². The normalized spacial score (nSPS) is 18.1. The van der Waals surface area contributed by atoms with Crippen LogP contribution in [0.1, 0.15) is 68.3 Å². The summed E-state index contributed by atoms with van der Waals surface area (Å²) in [5.74, 6) is -0.907. The van der Waals surface area contributed by atoms with E-state index in [0.717, 1.165) is 45.2 Å². The van der Waals surface area contributed by atoms with E-state index in [1.54, 1.807) is 22.8 Å². The van der Waals surface area contributed by atoms with Crippen molar-refractivity contribution in [3.8, 4) is 11.5 Å². The lowest BCUT2D eigenvalue weighted by atomic mass is 9.95. The SMILES string of the molecule is C\C=C(/C=c1/c(O)c(C(=O)NC2CCCCC2)c(=O)n(CCN2CCOCC2)/c1=C\CC)c1ccc(OC(F)F)cc1. The number of halogens is 2. The number of allylic oxidation sites excluding steroid dienone is 2. The summed E-state index contributed by atoms with van der Waals surface area (Å²) in [6, 6.07) is 6.15. The Kier molecular flexibility index (Phi) is 11.3. The topological polar surface area (TPSA) is 93.0 Å². The number of alkyl halides is 2. The average Bonchev–Trinajstić information content (AvgIpc) is 2.98. The number of pyridine rings is 1. The molecular weight excluding hydrogens is 544 g/mol. The Morgan fingerprint density at radius 2 is 1.83 bits per heavy atom. The molecule has 1 aromatic heterocycles. The number of nitrogens with zero attached hydrogens (tertiary/aromatic N) is 2. The molecule has 0 radical (unpaired) electrons. The van der Waals surface area contributed by atoms with Crippen molar-refractivity contribution in [1.29, 1.82) is 0 Å². The molecule has 2 aliphatic rings. The number of aromatic nitrogens is 1. The smallest absolute Gasteiger partial charge is 0.387 e. The first-order valence-corrected chi connectivity index (χ1v) is 14.8. The van der Waals surface area contributed by atoms with Crippen LogP contribution < -0.4 is 26.2 Å². The van der Waals surface area contributed by atoms with Gasteiger partial charge in [0.25, 0.3) is 11.5 Å². The van der Waals surface area contributed by atoms with Crippen LogP contribution in [0.3, 0.4) is 0 Å². The molecule has 0 unspecified atom stereocenters. The van der Waals surface area contributed by atoms with Crippen LogP contribution >= 0.6 is 0 Å². The van der Waals surface area contributed by atoms with Crippen LogP contribution in [-0.2, 0) is 11.3 Å². The summed E-state index contributed by atoms with van der Waals surface area (Å²) in [7, 11) is 0. The van der Waals surface area contributed by atoms with Crippen LogP contribution in [0.2, 0.25) is 0 Å². The van der Waals surface area contributed by atoms with E-state index in [-0.39, 0.29) is 23.1 Å². The largest absolute Gasteiger partial charge is 0.506 e. The summed E-state index contributed by atoms with van der Waals surface area (Å²) < 4.78 is 36.8. The number of rotatable bonds is 10. The summed E-state index contributed by atoms with van der Waals surface area (Å²) in [5.41, 5.74) is 0.580. The van der Waals surface area contributed by atoms with Crippen molar-refractivity contribution < 1.29 is 28.2 Å². The van der Waals surface area contributed by atoms with E-state index in [1.807, 2.05) is 26.0 Å². The highest BCUT2D eigenvalue weighted by Gasteiger charge is 2.25. The molecule has 2 aromatic rings. The second-order valence-corrected chi connectivity index (χ2v) is 10.6. The van der Waals surface area contributed by atoms with E-state index < -0.39 is 18.1 Å². The fourth-order valence-corrected chi connectivity index (χ4v) is 5.62. The van der Waals surface area contributed by atoms with E-state index in [9.17, 15) is 23.5 Å². The van der Waals surface area contributed by atoms with Gasteiger partial charge >= 0.3 is 6.61 Å². The number of morpholine rings is 1. The highest BCUT2D eigenvalue weighted by molar-refractivity contribution is 5.97. The lowest BCUT2D eigenvalue weighted by Gasteiger charge is -2.27. The minimum atomic E-state index is -2.93. The fraction of sp³-hybridized carbons (Fsp3) is 0.500. The van der Waals surface area contributed by atoms with Gasteiger partial charge in [0.1, 0.15) is 17.1 Å². The Labute approximate surface area is 244 Å². The van der Waals surface area contributed by atoms with Gasteiger partial charge < -0.3 is 24.5 Å². The number of amides is 1. The number of hydrogen-bond acceptors (Lipinski definition) is 6. The molecule has 2 heterocycles. The Morgan fingerprint density at radius 1 is 1.14 bits per heavy atom. The molecule has 1 saturated heterocycles. The van der Waals surface area contributed by atoms with Crippen LogP contribution in [0.5, 0.6) is 11.5 Å². The Morgan fingerprint density at radius 3 is 2.45 bits per heavy atom. The zero-order valence-electron chi connectivity index (χ0n) is 24.4. The molecule has 0 spiro atoms. The number of carbonyl (C=O) groups excluding carboxylic acids is 1. The van der Waals surface area contributed by atoms with Crippen molar-refractivity contribution in [1.82, 2.24) is 14.8 Å². The first-order valence-electron chi connectivity index (χ1n) is 14.8. The Balaban J connectivity index is 1.83. The number of benzene rings is 1. The van der Waals surface area contributed by atoms with Crippen LogP contribution in [0.25, 0.3) is 17.7 Å². The fourth-order valence-electron chi connectivity index (χ4n) is 5.62. The van der Waals surface area contributed by atoms with Gasteiger partial charge in [-0.25, -0.2) is 0 Å². The van der Waals surface area contributed by atoms with Crippen molar-refractivity contribution in [2.75, 3.05) is 32.8 Å². The summed E-state index contributed by atoms with van der Waals surface area (Å²) in [4.78, 5) is 29.7. The molecule has 1 saturated carbocycles. The minimum absolute atomic E-state index is 0.0328. The van der Waals surface area contributed by atoms with Crippen molar-refractivity contribution in [3.63, 3.8) is 0 Å². The zero-order valence-corrected chi connectivity index (χ0v) is 24.4. The molecule has 1 amide bonds. The van der Waals surface area contributed by atoms with Crippen LogP contribution in [0, 0.1) is 0 Å². The predicted octanol–water partition coefficient (Wildman–Crippen LogP) is 3.62. The van der Waals surface area contributed by atoms with Gasteiger partial charge in [0.2, 0.25) is 0 Å². The minimum Gasteiger partial charge on any atom is -0.506 e. The molecule has 1 aromatic carbocycles. The van der Waals surface area contributed by atoms with E-state index in [1.165, 1.54) is 12.1 Å². The van der Waals surface area contributed by atoms with Crippen LogP contribution in [-0.4, -0.2) is 66.0 Å². The third-order valence-electron chi connectivity index (χ3n) is 7.85. The van der Waals surface area contributed by atoms with Gasteiger partial charge in [-0.1, -0.05) is 50.5 Å². The molecule has 0 atom stereocenters. The second kappa shape index (κ2) is 15.1. The number of hydrogen-bond donors (Lipinski definition) is 2. The molecular formula is C32H41F2N3O5. The Hall–Kier alpha value is -3.50. The molecule has 1 aliphatic heterocycles. The van der Waals surface area contributed by atoms with Crippen LogP contribution in [0.4, 0.5) is 8.78 Å². The maximum atomic E-state index is 13.9. The van der Waals surface area contributed by atoms with E-state index >= 15 is 0 Å². The molecule has 1 aliphatic carbocycles. The van der Waals surface area contributed by atoms with Gasteiger partial charge in [0.15, 0.2) is 0 Å². The molecule has 0 bridgehead atoms. The maximum absolute atomic E-state index is 13.9. The number of aromatic hydroxyl groups is 1. The standard InChI is InChI=1S/C32H41F2N3O5/c1-3-8-27-26(21-22(4-2)23-11-13-25(14-12-23)42-32(33)34)29(38)28(30(39)35-24-9-6-5-7-10-24)31(40)37(27)16-15-36-17-19-41-20-18-36/h4,8,11-14,21,24,32,38H,3,5-7,9-10,15-20H2,1-2H3,(H,35,39)/b22-4+,26-21+,27-8-.